The van der Waals surface area contributed by atoms with E-state index in [0.717, 1.165) is 38.8 Å². The standard InChI is InChI=1S/C25H26ClFN6O3.C20H18ClFN6O.ClH/c1-25(2,3)36-24(34)32-10-7-16(8-11-32)29-22-28-9-6-19(30-22)21-20(31-23-33(21)12-13-35-23)17-5-4-15(27)14-18(17)26;21-15-11-12(22)1-2-14(15)17-18(28-9-10-29-20(28)27-17)16-5-8-24-19(26-16)25-13-3-6-23-7-4-13;/h4-6,9,12-14,16H,7-8,10-11H2,1-3H3,(H,28,29,30);1-2,5,8-11,13,23H,3-4,6-7H2,(H,24,25,26);1H. The van der Waals surface area contributed by atoms with Crippen molar-refractivity contribution in [3.05, 3.63) is 108 Å². The molecule has 0 saturated carbocycles. The summed E-state index contributed by atoms with van der Waals surface area (Å²) in [6.07, 6.45) is 13.3. The fourth-order valence-electron chi connectivity index (χ4n) is 7.89. The van der Waals surface area contributed by atoms with Crippen LogP contribution in [-0.2, 0) is 4.74 Å². The fourth-order valence-corrected chi connectivity index (χ4v) is 8.40. The Balaban J connectivity index is 0.000000180. The van der Waals surface area contributed by atoms with Crippen LogP contribution >= 0.6 is 23.2 Å². The monoisotopic (exact) mass is 960 g/mol. The molecule has 21 heteroatoms. The van der Waals surface area contributed by atoms with Crippen LogP contribution in [0, 0.1) is 11.6 Å². The van der Waals surface area contributed by atoms with Gasteiger partial charge in [0.2, 0.25) is 11.9 Å². The molecule has 0 unspecified atom stereocenters. The zero-order chi connectivity index (χ0) is 45.2. The number of carbonyl (C=O) groups excluding carboxylic acids is 1. The van der Waals surface area contributed by atoms with Crippen molar-refractivity contribution in [3.8, 4) is 45.3 Å². The molecule has 0 radical (unpaired) electrons. The predicted octanol–water partition coefficient (Wildman–Crippen LogP) is 5.64. The molecule has 2 saturated heterocycles. The molecular formula is C45H45Cl3F2N12O4. The Morgan fingerprint density at radius 3 is 1.65 bits per heavy atom. The number of quaternary nitrogens is 1. The molecule has 4 N–H and O–H groups in total. The van der Waals surface area contributed by atoms with Crippen molar-refractivity contribution >= 4 is 52.9 Å². The molecule has 344 valence electrons. The van der Waals surface area contributed by atoms with Gasteiger partial charge in [0.05, 0.1) is 34.5 Å². The van der Waals surface area contributed by atoms with E-state index in [4.69, 9.17) is 46.7 Å². The Morgan fingerprint density at radius 1 is 0.727 bits per heavy atom. The van der Waals surface area contributed by atoms with Crippen molar-refractivity contribution in [1.82, 2.24) is 43.6 Å². The molecule has 2 aliphatic rings. The van der Waals surface area contributed by atoms with Crippen LogP contribution in [0.15, 0.2) is 94.7 Å². The van der Waals surface area contributed by atoms with E-state index in [1.54, 1.807) is 63.0 Å². The smallest absolute Gasteiger partial charge is 0.410 e. The average Bonchev–Trinajstić information content (AvgIpc) is 4.07. The number of nitrogens with one attached hydrogen (secondary N) is 2. The summed E-state index contributed by atoms with van der Waals surface area (Å²) >= 11 is 12.7. The molecule has 16 nitrogen and oxygen atoms in total. The fraction of sp³-hybridized carbons (Fsp3) is 0.311. The first-order chi connectivity index (χ1) is 31.4. The van der Waals surface area contributed by atoms with E-state index in [9.17, 15) is 13.6 Å². The summed E-state index contributed by atoms with van der Waals surface area (Å²) < 4.78 is 47.2. The number of halogens is 5. The van der Waals surface area contributed by atoms with E-state index in [1.165, 1.54) is 30.5 Å². The van der Waals surface area contributed by atoms with Crippen molar-refractivity contribution in [3.63, 3.8) is 0 Å². The van der Waals surface area contributed by atoms with Gasteiger partial charge in [0.25, 0.3) is 0 Å². The molecule has 8 heterocycles. The van der Waals surface area contributed by atoms with Crippen molar-refractivity contribution in [2.45, 2.75) is 64.1 Å². The SMILES string of the molecule is CC(C)(C)OC(=O)N1CCC(Nc2nccc(-c3c(-c4ccc(F)cc4Cl)nc4occn34)n2)CC1.Fc1ccc(-c2nc3occn3c2-c2ccnc(NC3CC[NH2+]CC3)n2)c(Cl)c1.[Cl-]. The number of carbonyl (C=O) groups is 1. The number of benzene rings is 2. The second-order valence-electron chi connectivity index (χ2n) is 16.7. The molecule has 0 spiro atoms. The lowest BCUT2D eigenvalue weighted by Crippen LogP contribution is -3.00. The zero-order valence-corrected chi connectivity index (χ0v) is 38.3. The number of fused-ring (bicyclic) bond motifs is 2. The third-order valence-corrected chi connectivity index (χ3v) is 11.6. The Morgan fingerprint density at radius 2 is 1.20 bits per heavy atom. The summed E-state index contributed by atoms with van der Waals surface area (Å²) in [5.74, 6) is 0.969. The number of anilines is 2. The number of hydrogen-bond acceptors (Lipinski definition) is 12. The minimum Gasteiger partial charge on any atom is -1.00 e. The van der Waals surface area contributed by atoms with Gasteiger partial charge in [-0.25, -0.2) is 33.5 Å². The lowest BCUT2D eigenvalue weighted by atomic mass is 10.1. The van der Waals surface area contributed by atoms with Crippen LogP contribution in [0.2, 0.25) is 10.0 Å². The number of imidazole rings is 2. The van der Waals surface area contributed by atoms with Crippen LogP contribution < -0.4 is 28.4 Å². The van der Waals surface area contributed by atoms with Crippen molar-refractivity contribution in [2.75, 3.05) is 36.8 Å². The van der Waals surface area contributed by atoms with Gasteiger partial charge in [-0.2, -0.15) is 9.97 Å². The van der Waals surface area contributed by atoms with Crippen LogP contribution in [0.3, 0.4) is 0 Å². The van der Waals surface area contributed by atoms with Crippen molar-refractivity contribution in [1.29, 1.82) is 0 Å². The first-order valence-corrected chi connectivity index (χ1v) is 21.9. The topological polar surface area (TPSA) is 183 Å². The van der Waals surface area contributed by atoms with Crippen molar-refractivity contribution in [2.24, 2.45) is 0 Å². The molecule has 10 rings (SSSR count). The Labute approximate surface area is 393 Å². The van der Waals surface area contributed by atoms with Crippen LogP contribution in [-0.4, -0.2) is 93.6 Å². The van der Waals surface area contributed by atoms with E-state index < -0.39 is 17.2 Å². The highest BCUT2D eigenvalue weighted by atomic mass is 35.5. The van der Waals surface area contributed by atoms with E-state index in [2.05, 4.69) is 35.9 Å². The molecule has 66 heavy (non-hydrogen) atoms. The summed E-state index contributed by atoms with van der Waals surface area (Å²) in [6, 6.07) is 12.5. The van der Waals surface area contributed by atoms with E-state index in [1.807, 2.05) is 26.8 Å². The van der Waals surface area contributed by atoms with Crippen molar-refractivity contribution < 1.29 is 44.9 Å². The predicted molar refractivity (Wildman–Crippen MR) is 241 cm³/mol. The Kier molecular flexibility index (Phi) is 13.7. The van der Waals surface area contributed by atoms with Gasteiger partial charge in [0, 0.05) is 73.9 Å². The van der Waals surface area contributed by atoms with Gasteiger partial charge in [-0.05, 0) is 82.1 Å². The highest BCUT2D eigenvalue weighted by Crippen LogP contribution is 2.38. The Bertz CT molecular complexity index is 2970. The minimum atomic E-state index is -0.522. The molecule has 2 aliphatic heterocycles. The van der Waals surface area contributed by atoms with E-state index in [-0.39, 0.29) is 34.6 Å². The van der Waals surface area contributed by atoms with Gasteiger partial charge in [-0.3, -0.25) is 8.80 Å². The maximum atomic E-state index is 13.7. The number of amides is 1. The molecule has 2 fully saturated rings. The lowest BCUT2D eigenvalue weighted by molar-refractivity contribution is -0.662. The molecule has 0 aliphatic carbocycles. The number of oxazole rings is 2. The third kappa shape index (κ3) is 10.2. The number of ether oxygens (including phenoxy) is 1. The maximum absolute atomic E-state index is 13.7. The van der Waals surface area contributed by atoms with Crippen LogP contribution in [0.1, 0.15) is 46.5 Å². The van der Waals surface area contributed by atoms with Gasteiger partial charge in [-0.15, -0.1) is 0 Å². The summed E-state index contributed by atoms with van der Waals surface area (Å²) in [5.41, 5.74) is 4.39. The molecule has 2 aromatic carbocycles. The average molecular weight is 962 g/mol. The highest BCUT2D eigenvalue weighted by Gasteiger charge is 2.28. The van der Waals surface area contributed by atoms with Gasteiger partial charge < -0.3 is 46.8 Å². The molecule has 6 aromatic heterocycles. The summed E-state index contributed by atoms with van der Waals surface area (Å²) in [4.78, 5) is 41.4. The largest absolute Gasteiger partial charge is 1.00 e. The summed E-state index contributed by atoms with van der Waals surface area (Å²) in [7, 11) is 0. The van der Waals surface area contributed by atoms with Crippen LogP contribution in [0.4, 0.5) is 25.5 Å². The van der Waals surface area contributed by atoms with Crippen LogP contribution in [0.25, 0.3) is 57.0 Å². The first kappa shape index (κ1) is 46.2. The Hall–Kier alpha value is -6.34. The number of nitrogens with two attached hydrogens (primary N) is 1. The number of likely N-dealkylation sites (tertiary alicyclic amines) is 1. The van der Waals surface area contributed by atoms with Gasteiger partial charge in [0.15, 0.2) is 0 Å². The molecule has 8 aromatic rings. The minimum absolute atomic E-state index is 0. The lowest BCUT2D eigenvalue weighted by Gasteiger charge is -2.33. The molecule has 0 bridgehead atoms. The van der Waals surface area contributed by atoms with E-state index >= 15 is 0 Å². The number of hydrogen-bond donors (Lipinski definition) is 3. The van der Waals surface area contributed by atoms with Crippen LogP contribution in [0.5, 0.6) is 0 Å². The van der Waals surface area contributed by atoms with E-state index in [0.29, 0.717) is 88.0 Å². The normalized spacial score (nSPS) is 14.7. The maximum Gasteiger partial charge on any atom is 0.410 e. The second kappa shape index (κ2) is 19.6. The first-order valence-electron chi connectivity index (χ1n) is 21.2. The highest BCUT2D eigenvalue weighted by molar-refractivity contribution is 6.33. The zero-order valence-electron chi connectivity index (χ0n) is 36.0. The van der Waals surface area contributed by atoms with Gasteiger partial charge >= 0.3 is 17.8 Å². The number of piperidine rings is 2. The summed E-state index contributed by atoms with van der Waals surface area (Å²) in [5, 5.41) is 9.64. The number of rotatable bonds is 8. The second-order valence-corrected chi connectivity index (χ2v) is 17.5. The summed E-state index contributed by atoms with van der Waals surface area (Å²) in [6.45, 7) is 8.94. The van der Waals surface area contributed by atoms with Gasteiger partial charge in [0.1, 0.15) is 52.5 Å². The quantitative estimate of drug-likeness (QED) is 0.171. The molecule has 0 atom stereocenters. The van der Waals surface area contributed by atoms with Gasteiger partial charge in [-0.1, -0.05) is 23.2 Å². The third-order valence-electron chi connectivity index (χ3n) is 10.9. The molecular weight excluding hydrogens is 917 g/mol. The number of aromatic nitrogens is 8. The molecule has 1 amide bonds. The number of nitrogens with zero attached hydrogens (tertiary/aromatic N) is 9.